The summed E-state index contributed by atoms with van der Waals surface area (Å²) in [6.45, 7) is 6.77. The summed E-state index contributed by atoms with van der Waals surface area (Å²) < 4.78 is 19.4. The third-order valence-corrected chi connectivity index (χ3v) is 8.20. The molecule has 0 bridgehead atoms. The van der Waals surface area contributed by atoms with E-state index in [9.17, 15) is 4.79 Å². The van der Waals surface area contributed by atoms with Gasteiger partial charge in [0.1, 0.15) is 0 Å². The second-order valence-electron chi connectivity index (χ2n) is 7.62. The van der Waals surface area contributed by atoms with Crippen LogP contribution in [0.1, 0.15) is 5.56 Å². The molecule has 166 valence electrons. The molecular weight excluding hydrogens is 461 g/mol. The topological polar surface area (TPSA) is 56.2 Å². The van der Waals surface area contributed by atoms with Gasteiger partial charge in [0.05, 0.1) is 0 Å². The zero-order valence-corrected chi connectivity index (χ0v) is 20.0. The monoisotopic (exact) mass is 491 g/mol. The molecule has 2 heterocycles. The van der Waals surface area contributed by atoms with Gasteiger partial charge in [0.2, 0.25) is 0 Å². The molecule has 4 rings (SSSR count). The quantitative estimate of drug-likeness (QED) is 0.450. The fourth-order valence-corrected chi connectivity index (χ4v) is 6.32. The SMILES string of the molecule is COc1cc2c(=O)n(CCN3CCN(Cc4ccccc4)CC3)[se]c2c(OC)c1OC. The van der Waals surface area contributed by atoms with E-state index in [0.29, 0.717) is 22.6 Å². The van der Waals surface area contributed by atoms with Gasteiger partial charge in [-0.2, -0.15) is 0 Å². The van der Waals surface area contributed by atoms with E-state index in [4.69, 9.17) is 14.2 Å². The normalized spacial score (nSPS) is 15.3. The second kappa shape index (κ2) is 9.92. The first-order chi connectivity index (χ1) is 15.1. The van der Waals surface area contributed by atoms with Crippen LogP contribution in [-0.2, 0) is 13.1 Å². The van der Waals surface area contributed by atoms with E-state index in [-0.39, 0.29) is 20.3 Å². The van der Waals surface area contributed by atoms with Crippen LogP contribution in [0.2, 0.25) is 0 Å². The van der Waals surface area contributed by atoms with Gasteiger partial charge in [0.25, 0.3) is 0 Å². The molecule has 1 aromatic heterocycles. The molecule has 0 N–H and O–H groups in total. The van der Waals surface area contributed by atoms with Crippen molar-refractivity contribution in [2.45, 2.75) is 13.1 Å². The predicted octanol–water partition coefficient (Wildman–Crippen LogP) is 1.90. The van der Waals surface area contributed by atoms with Crippen LogP contribution >= 0.6 is 0 Å². The molecule has 0 saturated carbocycles. The van der Waals surface area contributed by atoms with E-state index < -0.39 is 0 Å². The first-order valence-corrected chi connectivity index (χ1v) is 12.1. The van der Waals surface area contributed by atoms with E-state index in [2.05, 4.69) is 40.1 Å². The maximum absolute atomic E-state index is 13.0. The molecule has 1 saturated heterocycles. The molecule has 3 aromatic rings. The number of hydrogen-bond acceptors (Lipinski definition) is 6. The van der Waals surface area contributed by atoms with Crippen molar-refractivity contribution in [1.82, 2.24) is 13.4 Å². The van der Waals surface area contributed by atoms with Crippen LogP contribution in [0.4, 0.5) is 0 Å². The molecule has 0 aliphatic carbocycles. The van der Waals surface area contributed by atoms with Gasteiger partial charge in [-0.3, -0.25) is 0 Å². The average Bonchev–Trinajstić information content (AvgIpc) is 3.13. The molecule has 31 heavy (non-hydrogen) atoms. The Labute approximate surface area is 188 Å². The number of ether oxygens (including phenoxy) is 3. The van der Waals surface area contributed by atoms with Crippen molar-refractivity contribution in [1.29, 1.82) is 0 Å². The maximum atomic E-state index is 13.0. The summed E-state index contributed by atoms with van der Waals surface area (Å²) in [5.41, 5.74) is 1.41. The van der Waals surface area contributed by atoms with Gasteiger partial charge < -0.3 is 0 Å². The zero-order valence-electron chi connectivity index (χ0n) is 18.3. The van der Waals surface area contributed by atoms with Gasteiger partial charge in [-0.1, -0.05) is 0 Å². The summed E-state index contributed by atoms with van der Waals surface area (Å²) in [5.74, 6) is 1.69. The van der Waals surface area contributed by atoms with Crippen molar-refractivity contribution in [3.05, 3.63) is 52.3 Å². The van der Waals surface area contributed by atoms with Crippen molar-refractivity contribution >= 4 is 24.4 Å². The van der Waals surface area contributed by atoms with Crippen LogP contribution < -0.4 is 19.8 Å². The van der Waals surface area contributed by atoms with E-state index in [1.165, 1.54) is 5.56 Å². The minimum atomic E-state index is -0.132. The van der Waals surface area contributed by atoms with Crippen molar-refractivity contribution in [3.8, 4) is 17.2 Å². The number of piperazine rings is 1. The van der Waals surface area contributed by atoms with Gasteiger partial charge in [-0.15, -0.1) is 0 Å². The molecule has 0 spiro atoms. The average molecular weight is 490 g/mol. The molecule has 0 atom stereocenters. The molecule has 1 fully saturated rings. The summed E-state index contributed by atoms with van der Waals surface area (Å²) in [6.07, 6.45) is 0. The number of fused-ring (bicyclic) bond motifs is 1. The van der Waals surface area contributed by atoms with Gasteiger partial charge in [0.15, 0.2) is 0 Å². The van der Waals surface area contributed by atoms with Gasteiger partial charge in [-0.25, -0.2) is 0 Å². The van der Waals surface area contributed by atoms with Crippen LogP contribution in [0.3, 0.4) is 0 Å². The van der Waals surface area contributed by atoms with Crippen LogP contribution in [-0.4, -0.2) is 82.1 Å². The van der Waals surface area contributed by atoms with E-state index in [0.717, 1.165) is 50.1 Å². The van der Waals surface area contributed by atoms with Crippen LogP contribution in [0.5, 0.6) is 17.2 Å². The number of rotatable bonds is 8. The zero-order chi connectivity index (χ0) is 21.8. The molecule has 0 amide bonds. The molecule has 0 radical (unpaired) electrons. The van der Waals surface area contributed by atoms with E-state index >= 15 is 0 Å². The molecule has 2 aromatic carbocycles. The van der Waals surface area contributed by atoms with Crippen molar-refractivity contribution in [3.63, 3.8) is 0 Å². The Morgan fingerprint density at radius 2 is 1.55 bits per heavy atom. The molecule has 1 aliphatic rings. The molecule has 0 unspecified atom stereocenters. The molecule has 8 heteroatoms. The predicted molar refractivity (Wildman–Crippen MR) is 123 cm³/mol. The standard InChI is InChI=1S/C23H29N3O4Se/c1-28-19-15-18-22(21(30-3)20(19)29-2)31-26(23(18)27)14-13-24-9-11-25(12-10-24)16-17-7-5-4-6-8-17/h4-8,15H,9-14,16H2,1-3H3. The molecular formula is C23H29N3O4Se. The Morgan fingerprint density at radius 1 is 0.871 bits per heavy atom. The van der Waals surface area contributed by atoms with Gasteiger partial charge in [-0.05, 0) is 0 Å². The van der Waals surface area contributed by atoms with Crippen molar-refractivity contribution < 1.29 is 14.2 Å². The fourth-order valence-electron chi connectivity index (χ4n) is 4.06. The van der Waals surface area contributed by atoms with Crippen molar-refractivity contribution in [2.75, 3.05) is 54.1 Å². The summed E-state index contributed by atoms with van der Waals surface area (Å²) in [5, 5.41) is 0.669. The molecule has 1 aliphatic heterocycles. The fraction of sp³-hybridized carbons (Fsp3) is 0.435. The van der Waals surface area contributed by atoms with Crippen LogP contribution in [0, 0.1) is 0 Å². The van der Waals surface area contributed by atoms with E-state index in [1.807, 2.05) is 3.56 Å². The van der Waals surface area contributed by atoms with Crippen molar-refractivity contribution in [2.24, 2.45) is 0 Å². The second-order valence-corrected chi connectivity index (χ2v) is 9.79. The summed E-state index contributed by atoms with van der Waals surface area (Å²) in [6, 6.07) is 12.4. The van der Waals surface area contributed by atoms with Crippen LogP contribution in [0.15, 0.2) is 41.2 Å². The Bertz CT molecular complexity index is 1070. The van der Waals surface area contributed by atoms with Crippen LogP contribution in [0.25, 0.3) is 9.65 Å². The number of benzene rings is 2. The number of hydrogen-bond donors (Lipinski definition) is 0. The van der Waals surface area contributed by atoms with Gasteiger partial charge in [0, 0.05) is 0 Å². The van der Waals surface area contributed by atoms with E-state index in [1.54, 1.807) is 27.4 Å². The van der Waals surface area contributed by atoms with Gasteiger partial charge >= 0.3 is 189 Å². The number of nitrogens with zero attached hydrogens (tertiary/aromatic N) is 3. The Hall–Kier alpha value is -2.25. The Morgan fingerprint density at radius 3 is 2.19 bits per heavy atom. The third-order valence-electron chi connectivity index (χ3n) is 5.78. The Kier molecular flexibility index (Phi) is 7.02. The Balaban J connectivity index is 1.42. The third kappa shape index (κ3) is 4.67. The molecule has 7 nitrogen and oxygen atoms in total. The summed E-state index contributed by atoms with van der Waals surface area (Å²) >= 11 is -0.132. The first-order valence-electron chi connectivity index (χ1n) is 10.5. The first kappa shape index (κ1) is 22.0. The summed E-state index contributed by atoms with van der Waals surface area (Å²) in [7, 11) is 4.77. The number of aromatic nitrogens is 1. The minimum absolute atomic E-state index is 0.0527. The summed E-state index contributed by atoms with van der Waals surface area (Å²) in [4.78, 5) is 18.0. The number of methoxy groups -OCH3 is 3.